The Bertz CT molecular complexity index is 498. The second kappa shape index (κ2) is 4.78. The lowest BCUT2D eigenvalue weighted by Crippen LogP contribution is -2.35. The Morgan fingerprint density at radius 3 is 2.68 bits per heavy atom. The summed E-state index contributed by atoms with van der Waals surface area (Å²) in [6.07, 6.45) is -0.192. The zero-order chi connectivity index (χ0) is 14.2. The summed E-state index contributed by atoms with van der Waals surface area (Å²) in [5.74, 6) is -2.58. The first-order valence-electron chi connectivity index (χ1n) is 5.44. The van der Waals surface area contributed by atoms with Crippen LogP contribution in [0, 0.1) is 0 Å². The highest BCUT2D eigenvalue weighted by Gasteiger charge is 2.45. The van der Waals surface area contributed by atoms with Crippen LogP contribution in [0.4, 0.5) is 0 Å². The first-order chi connectivity index (χ1) is 8.82. The van der Waals surface area contributed by atoms with Crippen LogP contribution in [0.5, 0.6) is 0 Å². The average Bonchev–Trinajstić information content (AvgIpc) is 3.01. The predicted octanol–water partition coefficient (Wildman–Crippen LogP) is -0.244. The monoisotopic (exact) mass is 289 g/mol. The number of rotatable bonds is 5. The van der Waals surface area contributed by atoms with Gasteiger partial charge in [-0.05, 0) is 6.92 Å². The van der Waals surface area contributed by atoms with Crippen molar-refractivity contribution in [2.24, 2.45) is 10.2 Å². The lowest BCUT2D eigenvalue weighted by atomic mass is 10.1. The maximum Gasteiger partial charge on any atom is 0.333 e. The van der Waals surface area contributed by atoms with Crippen molar-refractivity contribution in [2.45, 2.75) is 37.1 Å². The van der Waals surface area contributed by atoms with Gasteiger partial charge in [-0.1, -0.05) is 0 Å². The first kappa shape index (κ1) is 13.7. The summed E-state index contributed by atoms with van der Waals surface area (Å²) in [5, 5.41) is 6.28. The van der Waals surface area contributed by atoms with Gasteiger partial charge in [-0.25, -0.2) is 9.00 Å². The molecule has 1 saturated heterocycles. The predicted molar refractivity (Wildman–Crippen MR) is 59.6 cm³/mol. The molecule has 0 saturated carbocycles. The van der Waals surface area contributed by atoms with Gasteiger partial charge in [0.1, 0.15) is 0 Å². The molecule has 2 amide bonds. The molecule has 2 rings (SSSR count). The maximum absolute atomic E-state index is 11.5. The van der Waals surface area contributed by atoms with Crippen LogP contribution >= 0.6 is 0 Å². The molecule has 0 aliphatic carbocycles. The Balaban J connectivity index is 1.87. The minimum absolute atomic E-state index is 0.0621. The van der Waals surface area contributed by atoms with E-state index >= 15 is 0 Å². The summed E-state index contributed by atoms with van der Waals surface area (Å²) in [7, 11) is 0. The second-order valence-corrected chi connectivity index (χ2v) is 5.50. The number of carbonyl (C=O) groups is 3. The molecule has 0 aromatic heterocycles. The van der Waals surface area contributed by atoms with E-state index in [0.29, 0.717) is 6.42 Å². The van der Waals surface area contributed by atoms with Gasteiger partial charge in [0.15, 0.2) is 22.0 Å². The van der Waals surface area contributed by atoms with Gasteiger partial charge >= 0.3 is 5.97 Å². The molecule has 0 aromatic carbocycles. The van der Waals surface area contributed by atoms with Gasteiger partial charge < -0.3 is 9.39 Å². The quantitative estimate of drug-likeness (QED) is 0.549. The Kier molecular flexibility index (Phi) is 3.45. The molecule has 2 aliphatic rings. The van der Waals surface area contributed by atoms with Crippen LogP contribution in [-0.4, -0.2) is 42.5 Å². The third-order valence-corrected chi connectivity index (χ3v) is 3.60. The van der Waals surface area contributed by atoms with Gasteiger partial charge in [0, 0.05) is 6.42 Å². The van der Waals surface area contributed by atoms with Crippen molar-refractivity contribution in [2.75, 3.05) is 0 Å². The van der Waals surface area contributed by atoms with Gasteiger partial charge in [0.25, 0.3) is 11.8 Å². The molecular formula is C9H11N3O6S. The van der Waals surface area contributed by atoms with Crippen LogP contribution in [0.25, 0.3) is 0 Å². The molecule has 1 fully saturated rings. The molecule has 9 nitrogen and oxygen atoms in total. The van der Waals surface area contributed by atoms with Gasteiger partial charge in [-0.2, -0.15) is 10.2 Å². The fraction of sp³-hybridized carbons (Fsp3) is 0.667. The minimum atomic E-state index is -2.47. The lowest BCUT2D eigenvalue weighted by Gasteiger charge is -2.13. The van der Waals surface area contributed by atoms with Crippen molar-refractivity contribution in [3.63, 3.8) is 0 Å². The van der Waals surface area contributed by atoms with Crippen LogP contribution in [0.15, 0.2) is 10.2 Å². The van der Waals surface area contributed by atoms with Crippen molar-refractivity contribution in [1.82, 2.24) is 5.06 Å². The van der Waals surface area contributed by atoms with Crippen molar-refractivity contribution in [3.8, 4) is 0 Å². The molecule has 2 aliphatic heterocycles. The SMILES string of the molecule is CC1(CCC(=O)ON2C(=O)CC(S(=O)O)C2=O)N=N1. The Labute approximate surface area is 110 Å². The van der Waals surface area contributed by atoms with Gasteiger partial charge in [-0.3, -0.25) is 9.59 Å². The molecule has 0 spiro atoms. The highest BCUT2D eigenvalue weighted by molar-refractivity contribution is 7.80. The van der Waals surface area contributed by atoms with E-state index in [2.05, 4.69) is 15.1 Å². The maximum atomic E-state index is 11.5. The Morgan fingerprint density at radius 2 is 2.21 bits per heavy atom. The lowest BCUT2D eigenvalue weighted by molar-refractivity contribution is -0.197. The number of hydroxylamine groups is 2. The summed E-state index contributed by atoms with van der Waals surface area (Å²) < 4.78 is 19.6. The van der Waals surface area contributed by atoms with Crippen LogP contribution in [-0.2, 0) is 30.3 Å². The van der Waals surface area contributed by atoms with Crippen LogP contribution in [0.3, 0.4) is 0 Å². The van der Waals surface area contributed by atoms with E-state index in [9.17, 15) is 18.6 Å². The van der Waals surface area contributed by atoms with E-state index in [1.165, 1.54) is 0 Å². The zero-order valence-electron chi connectivity index (χ0n) is 9.94. The topological polar surface area (TPSA) is 126 Å². The molecule has 0 bridgehead atoms. The molecule has 2 unspecified atom stereocenters. The molecule has 2 heterocycles. The molecular weight excluding hydrogens is 278 g/mol. The summed E-state index contributed by atoms with van der Waals surface area (Å²) in [4.78, 5) is 39.0. The third kappa shape index (κ3) is 3.01. The summed E-state index contributed by atoms with van der Waals surface area (Å²) in [6.45, 7) is 1.72. The van der Waals surface area contributed by atoms with Crippen molar-refractivity contribution >= 4 is 28.9 Å². The molecule has 2 atom stereocenters. The van der Waals surface area contributed by atoms with Gasteiger partial charge in [0.2, 0.25) is 0 Å². The molecule has 0 aromatic rings. The number of hydrogen-bond donors (Lipinski definition) is 1. The van der Waals surface area contributed by atoms with E-state index < -0.39 is 46.2 Å². The first-order valence-corrected chi connectivity index (χ1v) is 6.61. The number of carbonyl (C=O) groups excluding carboxylic acids is 3. The normalized spacial score (nSPS) is 25.6. The Hall–Kier alpha value is -1.68. The molecule has 10 heteroatoms. The van der Waals surface area contributed by atoms with Gasteiger partial charge in [0.05, 0.1) is 12.8 Å². The highest BCUT2D eigenvalue weighted by Crippen LogP contribution is 2.32. The number of amides is 2. The third-order valence-electron chi connectivity index (χ3n) is 2.74. The van der Waals surface area contributed by atoms with Crippen LogP contribution < -0.4 is 0 Å². The number of nitrogens with zero attached hydrogens (tertiary/aromatic N) is 3. The van der Waals surface area contributed by atoms with Crippen molar-refractivity contribution in [1.29, 1.82) is 0 Å². The summed E-state index contributed by atoms with van der Waals surface area (Å²) in [6, 6.07) is 0. The van der Waals surface area contributed by atoms with E-state index in [1.54, 1.807) is 6.92 Å². The zero-order valence-corrected chi connectivity index (χ0v) is 10.8. The smallest absolute Gasteiger partial charge is 0.330 e. The van der Waals surface area contributed by atoms with E-state index in [1.807, 2.05) is 0 Å². The van der Waals surface area contributed by atoms with Crippen molar-refractivity contribution < 1.29 is 28.0 Å². The van der Waals surface area contributed by atoms with E-state index in [-0.39, 0.29) is 11.5 Å². The standard InChI is InChI=1S/C9H11N3O6S/c1-9(10-11-9)3-2-7(14)18-12-6(13)4-5(8(12)15)19(16)17/h5H,2-4H2,1H3,(H,16,17). The minimum Gasteiger partial charge on any atom is -0.330 e. The fourth-order valence-corrected chi connectivity index (χ4v) is 2.06. The molecule has 104 valence electrons. The highest BCUT2D eigenvalue weighted by atomic mass is 32.2. The summed E-state index contributed by atoms with van der Waals surface area (Å²) in [5.41, 5.74) is -0.576. The van der Waals surface area contributed by atoms with Crippen LogP contribution in [0.2, 0.25) is 0 Å². The fourth-order valence-electron chi connectivity index (χ4n) is 1.51. The molecule has 0 radical (unpaired) electrons. The Morgan fingerprint density at radius 1 is 1.58 bits per heavy atom. The van der Waals surface area contributed by atoms with E-state index in [4.69, 9.17) is 4.55 Å². The molecule has 19 heavy (non-hydrogen) atoms. The van der Waals surface area contributed by atoms with Crippen LogP contribution in [0.1, 0.15) is 26.2 Å². The number of hydrogen-bond acceptors (Lipinski definition) is 7. The largest absolute Gasteiger partial charge is 0.333 e. The summed E-state index contributed by atoms with van der Waals surface area (Å²) >= 11 is -2.47. The van der Waals surface area contributed by atoms with E-state index in [0.717, 1.165) is 0 Å². The average molecular weight is 289 g/mol. The number of imide groups is 1. The van der Waals surface area contributed by atoms with Gasteiger partial charge in [-0.15, -0.1) is 5.06 Å². The van der Waals surface area contributed by atoms with Crippen molar-refractivity contribution in [3.05, 3.63) is 0 Å². The molecule has 1 N–H and O–H groups in total. The second-order valence-electron chi connectivity index (χ2n) is 4.38.